The van der Waals surface area contributed by atoms with Crippen LogP contribution in [0.3, 0.4) is 0 Å². The average Bonchev–Trinajstić information content (AvgIpc) is 3.26. The predicted octanol–water partition coefficient (Wildman–Crippen LogP) is 4.69. The Kier molecular flexibility index (Phi) is 6.64. The number of aliphatic imine (C=N–C) groups is 2. The van der Waals surface area contributed by atoms with Gasteiger partial charge in [-0.1, -0.05) is 17.7 Å². The zero-order valence-corrected chi connectivity index (χ0v) is 19.3. The zero-order valence-electron chi connectivity index (χ0n) is 17.8. The highest BCUT2D eigenvalue weighted by molar-refractivity contribution is 7.12. The molecule has 0 radical (unpaired) electrons. The lowest BCUT2D eigenvalue weighted by Gasteiger charge is -2.34. The van der Waals surface area contributed by atoms with Gasteiger partial charge in [0, 0.05) is 23.5 Å². The van der Waals surface area contributed by atoms with Crippen LogP contribution in [0.15, 0.2) is 46.5 Å². The fourth-order valence-electron chi connectivity index (χ4n) is 3.55. The SMILES string of the molecule is COc1nc(C2C=CN(C3=NC(O)N(Cc4ccc(C(F)(F)F)s4)C(C)=N3)CC2)ccc1Cl. The van der Waals surface area contributed by atoms with E-state index in [0.29, 0.717) is 45.5 Å². The number of hydrogen-bond donors (Lipinski definition) is 1. The molecule has 2 aliphatic rings. The van der Waals surface area contributed by atoms with Crippen molar-refractivity contribution in [2.45, 2.75) is 38.3 Å². The van der Waals surface area contributed by atoms with E-state index in [1.807, 2.05) is 23.2 Å². The molecule has 0 aromatic carbocycles. The van der Waals surface area contributed by atoms with Gasteiger partial charge in [0.05, 0.1) is 19.3 Å². The first-order valence-corrected chi connectivity index (χ1v) is 11.2. The molecule has 0 fully saturated rings. The van der Waals surface area contributed by atoms with Crippen molar-refractivity contribution in [1.29, 1.82) is 0 Å². The second kappa shape index (κ2) is 9.32. The summed E-state index contributed by atoms with van der Waals surface area (Å²) in [6.45, 7) is 2.36. The Bertz CT molecular complexity index is 1120. The summed E-state index contributed by atoms with van der Waals surface area (Å²) in [6, 6.07) is 6.04. The van der Waals surface area contributed by atoms with Gasteiger partial charge in [0.15, 0.2) is 0 Å². The molecule has 1 N–H and O–H groups in total. The number of hydrogen-bond acceptors (Lipinski definition) is 8. The number of allylic oxidation sites excluding steroid dienone is 1. The van der Waals surface area contributed by atoms with Gasteiger partial charge >= 0.3 is 6.18 Å². The van der Waals surface area contributed by atoms with E-state index in [2.05, 4.69) is 15.0 Å². The summed E-state index contributed by atoms with van der Waals surface area (Å²) in [5.41, 5.74) is 0.831. The summed E-state index contributed by atoms with van der Waals surface area (Å²) in [7, 11) is 1.51. The molecule has 2 unspecified atom stereocenters. The number of halogens is 4. The number of aliphatic hydroxyl groups excluding tert-OH is 1. The summed E-state index contributed by atoms with van der Waals surface area (Å²) in [5, 5.41) is 11.0. The number of aliphatic hydroxyl groups is 1. The minimum atomic E-state index is -4.39. The fraction of sp³-hybridized carbons (Fsp3) is 0.381. The predicted molar refractivity (Wildman–Crippen MR) is 120 cm³/mol. The smallest absolute Gasteiger partial charge is 0.425 e. The number of pyridine rings is 1. The van der Waals surface area contributed by atoms with Crippen LogP contribution in [0.4, 0.5) is 13.2 Å². The molecule has 176 valence electrons. The van der Waals surface area contributed by atoms with Crippen molar-refractivity contribution in [3.63, 3.8) is 0 Å². The molecule has 0 aliphatic carbocycles. The van der Waals surface area contributed by atoms with Gasteiger partial charge in [-0.15, -0.1) is 11.3 Å². The summed E-state index contributed by atoms with van der Waals surface area (Å²) in [6.07, 6.45) is -1.10. The van der Waals surface area contributed by atoms with Gasteiger partial charge in [0.2, 0.25) is 18.2 Å². The third kappa shape index (κ3) is 5.15. The first-order chi connectivity index (χ1) is 15.7. The van der Waals surface area contributed by atoms with E-state index in [1.54, 1.807) is 13.0 Å². The van der Waals surface area contributed by atoms with Crippen molar-refractivity contribution in [3.05, 3.63) is 57.0 Å². The van der Waals surface area contributed by atoms with Crippen LogP contribution in [0.5, 0.6) is 5.88 Å². The third-order valence-electron chi connectivity index (χ3n) is 5.30. The van der Waals surface area contributed by atoms with Crippen molar-refractivity contribution in [2.24, 2.45) is 9.98 Å². The van der Waals surface area contributed by atoms with Crippen LogP contribution >= 0.6 is 22.9 Å². The molecule has 33 heavy (non-hydrogen) atoms. The molecule has 2 aliphatic heterocycles. The van der Waals surface area contributed by atoms with E-state index < -0.39 is 17.4 Å². The van der Waals surface area contributed by atoms with E-state index in [-0.39, 0.29) is 12.5 Å². The number of nitrogens with zero attached hydrogens (tertiary/aromatic N) is 5. The molecule has 4 rings (SSSR count). The van der Waals surface area contributed by atoms with Gasteiger partial charge in [-0.2, -0.15) is 18.2 Å². The lowest BCUT2D eigenvalue weighted by molar-refractivity contribution is -0.134. The Balaban J connectivity index is 1.44. The highest BCUT2D eigenvalue weighted by Crippen LogP contribution is 2.35. The van der Waals surface area contributed by atoms with Crippen molar-refractivity contribution in [2.75, 3.05) is 13.7 Å². The van der Waals surface area contributed by atoms with E-state index in [4.69, 9.17) is 16.3 Å². The number of rotatable bonds is 4. The molecule has 2 aromatic heterocycles. The monoisotopic (exact) mass is 499 g/mol. The quantitative estimate of drug-likeness (QED) is 0.660. The number of amidine groups is 1. The molecule has 0 bridgehead atoms. The summed E-state index contributed by atoms with van der Waals surface area (Å²) >= 11 is 6.69. The molecule has 0 saturated heterocycles. The highest BCUT2D eigenvalue weighted by Gasteiger charge is 2.33. The van der Waals surface area contributed by atoms with Crippen LogP contribution in [-0.2, 0) is 12.7 Å². The van der Waals surface area contributed by atoms with Crippen LogP contribution in [0, 0.1) is 0 Å². The molecule has 12 heteroatoms. The summed E-state index contributed by atoms with van der Waals surface area (Å²) in [4.78, 5) is 16.2. The maximum Gasteiger partial charge on any atom is 0.425 e. The van der Waals surface area contributed by atoms with Gasteiger partial charge in [0.25, 0.3) is 0 Å². The van der Waals surface area contributed by atoms with E-state index in [9.17, 15) is 18.3 Å². The first kappa shape index (κ1) is 23.5. The van der Waals surface area contributed by atoms with Crippen molar-refractivity contribution >= 4 is 34.7 Å². The zero-order chi connectivity index (χ0) is 23.8. The van der Waals surface area contributed by atoms with E-state index in [0.717, 1.165) is 18.2 Å². The number of methoxy groups -OCH3 is 1. The molecule has 0 saturated carbocycles. The third-order valence-corrected chi connectivity index (χ3v) is 6.70. The van der Waals surface area contributed by atoms with Crippen LogP contribution in [0.1, 0.15) is 34.7 Å². The van der Waals surface area contributed by atoms with Gasteiger partial charge in [-0.3, -0.25) is 0 Å². The standard InChI is InChI=1S/C21H21ClF3N5O2S/c1-12-26-19(28-20(31)30(12)11-14-3-6-17(33-14)21(23,24)25)29-9-7-13(8-10-29)16-5-4-15(22)18(27-16)32-2/h3-7,9,13,20,31H,8,10-11H2,1-2H3. The number of aromatic nitrogens is 1. The number of guanidine groups is 1. The Morgan fingerprint density at radius 2 is 2.06 bits per heavy atom. The normalized spacial score (nSPS) is 21.2. The van der Waals surface area contributed by atoms with Crippen LogP contribution < -0.4 is 4.74 Å². The molecule has 0 amide bonds. The maximum absolute atomic E-state index is 12.9. The molecule has 7 nitrogen and oxygen atoms in total. The van der Waals surface area contributed by atoms with Crippen molar-refractivity contribution in [3.8, 4) is 5.88 Å². The number of alkyl halides is 3. The van der Waals surface area contributed by atoms with Crippen molar-refractivity contribution < 1.29 is 23.0 Å². The van der Waals surface area contributed by atoms with E-state index in [1.165, 1.54) is 18.1 Å². The lowest BCUT2D eigenvalue weighted by atomic mass is 9.98. The molecule has 2 atom stereocenters. The molecule has 0 spiro atoms. The van der Waals surface area contributed by atoms with Crippen LogP contribution in [0.2, 0.25) is 5.02 Å². The Morgan fingerprint density at radius 3 is 2.67 bits per heavy atom. The highest BCUT2D eigenvalue weighted by atomic mass is 35.5. The first-order valence-electron chi connectivity index (χ1n) is 10.0. The van der Waals surface area contributed by atoms with Gasteiger partial charge in [0.1, 0.15) is 15.7 Å². The second-order valence-corrected chi connectivity index (χ2v) is 9.06. The number of thiophene rings is 1. The van der Waals surface area contributed by atoms with Crippen LogP contribution in [-0.4, -0.2) is 51.7 Å². The topological polar surface area (TPSA) is 73.6 Å². The summed E-state index contributed by atoms with van der Waals surface area (Å²) in [5.74, 6) is 1.24. The van der Waals surface area contributed by atoms with Crippen molar-refractivity contribution in [1.82, 2.24) is 14.8 Å². The van der Waals surface area contributed by atoms with Gasteiger partial charge in [-0.25, -0.2) is 9.98 Å². The lowest BCUT2D eigenvalue weighted by Crippen LogP contribution is -2.44. The molecule has 4 heterocycles. The fourth-order valence-corrected chi connectivity index (χ4v) is 4.61. The molecular weight excluding hydrogens is 479 g/mol. The number of ether oxygens (including phenoxy) is 1. The van der Waals surface area contributed by atoms with Gasteiger partial charge < -0.3 is 19.6 Å². The Hall–Kier alpha value is -2.63. The van der Waals surface area contributed by atoms with Gasteiger partial charge in [-0.05, 0) is 37.6 Å². The Morgan fingerprint density at radius 1 is 1.27 bits per heavy atom. The minimum Gasteiger partial charge on any atom is -0.480 e. The Labute approximate surface area is 197 Å². The molecular formula is C21H21ClF3N5O2S. The minimum absolute atomic E-state index is 0.0600. The second-order valence-electron chi connectivity index (χ2n) is 7.48. The van der Waals surface area contributed by atoms with Crippen LogP contribution in [0.25, 0.3) is 0 Å². The maximum atomic E-state index is 12.9. The largest absolute Gasteiger partial charge is 0.480 e. The van der Waals surface area contributed by atoms with E-state index >= 15 is 0 Å². The molecule has 2 aromatic rings. The summed E-state index contributed by atoms with van der Waals surface area (Å²) < 4.78 is 43.8. The average molecular weight is 500 g/mol.